The minimum Gasteiger partial charge on any atom is -0.318 e. The molecule has 0 N–H and O–H groups in total. The molecular formula is C14H13FN2. The van der Waals surface area contributed by atoms with Crippen LogP contribution in [0.15, 0.2) is 30.3 Å². The molecule has 1 aromatic heterocycles. The van der Waals surface area contributed by atoms with Gasteiger partial charge in [0.25, 0.3) is 0 Å². The largest absolute Gasteiger partial charge is 0.318 e. The number of rotatable bonds is 2. The van der Waals surface area contributed by atoms with E-state index in [4.69, 9.17) is 5.26 Å². The fraction of sp³-hybridized carbons (Fsp3) is 0.214. The molecule has 0 bridgehead atoms. The van der Waals surface area contributed by atoms with E-state index in [0.717, 1.165) is 22.6 Å². The average Bonchev–Trinajstić information content (AvgIpc) is 2.57. The Morgan fingerprint density at radius 2 is 1.88 bits per heavy atom. The number of nitriles is 1. The number of nitrogens with zero attached hydrogens (tertiary/aromatic N) is 2. The van der Waals surface area contributed by atoms with Crippen LogP contribution in [0.2, 0.25) is 0 Å². The van der Waals surface area contributed by atoms with E-state index in [2.05, 4.69) is 6.07 Å². The smallest absolute Gasteiger partial charge is 0.123 e. The predicted molar refractivity (Wildman–Crippen MR) is 64.5 cm³/mol. The van der Waals surface area contributed by atoms with Gasteiger partial charge in [-0.3, -0.25) is 0 Å². The van der Waals surface area contributed by atoms with Crippen molar-refractivity contribution in [1.82, 2.24) is 4.57 Å². The first-order valence-electron chi connectivity index (χ1n) is 5.44. The van der Waals surface area contributed by atoms with E-state index < -0.39 is 0 Å². The summed E-state index contributed by atoms with van der Waals surface area (Å²) in [4.78, 5) is 0. The summed E-state index contributed by atoms with van der Waals surface area (Å²) in [5.41, 5.74) is 4.04. The van der Waals surface area contributed by atoms with Crippen LogP contribution in [0, 0.1) is 31.0 Å². The lowest BCUT2D eigenvalue weighted by Gasteiger charge is -2.09. The van der Waals surface area contributed by atoms with Crippen molar-refractivity contribution in [2.75, 3.05) is 0 Å². The summed E-state index contributed by atoms with van der Waals surface area (Å²) in [6.07, 6.45) is 0.404. The lowest BCUT2D eigenvalue weighted by Crippen LogP contribution is -1.99. The van der Waals surface area contributed by atoms with E-state index in [1.807, 2.05) is 24.5 Å². The van der Waals surface area contributed by atoms with Crippen LogP contribution in [0.5, 0.6) is 0 Å². The molecule has 3 heteroatoms. The molecule has 0 aliphatic carbocycles. The molecule has 2 nitrogen and oxygen atoms in total. The maximum absolute atomic E-state index is 12.9. The summed E-state index contributed by atoms with van der Waals surface area (Å²) in [7, 11) is 0. The minimum absolute atomic E-state index is 0.242. The molecule has 0 amide bonds. The highest BCUT2D eigenvalue weighted by molar-refractivity contribution is 5.41. The lowest BCUT2D eigenvalue weighted by molar-refractivity contribution is 0.627. The molecule has 0 spiro atoms. The van der Waals surface area contributed by atoms with Gasteiger partial charge in [0, 0.05) is 17.1 Å². The standard InChI is InChI=1S/C14H13FN2/c1-10-9-12(7-8-16)11(2)17(10)14-5-3-13(15)4-6-14/h3-6,9H,7H2,1-2H3. The summed E-state index contributed by atoms with van der Waals surface area (Å²) in [5, 5.41) is 8.74. The van der Waals surface area contributed by atoms with Crippen LogP contribution in [0.3, 0.4) is 0 Å². The summed E-state index contributed by atoms with van der Waals surface area (Å²) in [6.45, 7) is 3.96. The fourth-order valence-electron chi connectivity index (χ4n) is 2.08. The first kappa shape index (κ1) is 11.4. The van der Waals surface area contributed by atoms with Crippen molar-refractivity contribution in [3.8, 4) is 11.8 Å². The maximum Gasteiger partial charge on any atom is 0.123 e. The van der Waals surface area contributed by atoms with Gasteiger partial charge in [0.1, 0.15) is 5.82 Å². The van der Waals surface area contributed by atoms with E-state index in [0.29, 0.717) is 6.42 Å². The van der Waals surface area contributed by atoms with Gasteiger partial charge in [-0.15, -0.1) is 0 Å². The highest BCUT2D eigenvalue weighted by Gasteiger charge is 2.10. The van der Waals surface area contributed by atoms with Gasteiger partial charge in [0.15, 0.2) is 0 Å². The highest BCUT2D eigenvalue weighted by atomic mass is 19.1. The number of aryl methyl sites for hydroxylation is 1. The Bertz CT molecular complexity index is 574. The number of benzene rings is 1. The van der Waals surface area contributed by atoms with Gasteiger partial charge < -0.3 is 4.57 Å². The normalized spacial score (nSPS) is 10.2. The Morgan fingerprint density at radius 1 is 1.24 bits per heavy atom. The molecule has 0 unspecified atom stereocenters. The van der Waals surface area contributed by atoms with Crippen molar-refractivity contribution < 1.29 is 4.39 Å². The van der Waals surface area contributed by atoms with Crippen LogP contribution in [0.1, 0.15) is 17.0 Å². The molecule has 0 saturated heterocycles. The lowest BCUT2D eigenvalue weighted by atomic mass is 10.2. The van der Waals surface area contributed by atoms with Gasteiger partial charge in [-0.25, -0.2) is 4.39 Å². The van der Waals surface area contributed by atoms with Crippen molar-refractivity contribution >= 4 is 0 Å². The summed E-state index contributed by atoms with van der Waals surface area (Å²) < 4.78 is 14.9. The number of hydrogen-bond acceptors (Lipinski definition) is 1. The third kappa shape index (κ3) is 2.07. The topological polar surface area (TPSA) is 28.7 Å². The van der Waals surface area contributed by atoms with Crippen LogP contribution in [0.25, 0.3) is 5.69 Å². The van der Waals surface area contributed by atoms with Crippen molar-refractivity contribution in [3.63, 3.8) is 0 Å². The summed E-state index contributed by atoms with van der Waals surface area (Å²) in [5.74, 6) is -0.242. The highest BCUT2D eigenvalue weighted by Crippen LogP contribution is 2.21. The summed E-state index contributed by atoms with van der Waals surface area (Å²) >= 11 is 0. The quantitative estimate of drug-likeness (QED) is 0.775. The predicted octanol–water partition coefficient (Wildman–Crippen LogP) is 3.30. The Balaban J connectivity index is 2.52. The Morgan fingerprint density at radius 3 is 2.47 bits per heavy atom. The van der Waals surface area contributed by atoms with Crippen molar-refractivity contribution in [3.05, 3.63) is 53.1 Å². The number of hydrogen-bond donors (Lipinski definition) is 0. The molecule has 0 saturated carbocycles. The zero-order chi connectivity index (χ0) is 12.4. The van der Waals surface area contributed by atoms with Crippen molar-refractivity contribution in [2.45, 2.75) is 20.3 Å². The molecule has 0 radical (unpaired) electrons. The molecule has 17 heavy (non-hydrogen) atoms. The Labute approximate surface area is 99.9 Å². The maximum atomic E-state index is 12.9. The van der Waals surface area contributed by atoms with Gasteiger partial charge >= 0.3 is 0 Å². The summed E-state index contributed by atoms with van der Waals surface area (Å²) in [6, 6.07) is 10.5. The third-order valence-electron chi connectivity index (χ3n) is 2.89. The third-order valence-corrected chi connectivity index (χ3v) is 2.89. The molecule has 1 aromatic carbocycles. The molecule has 0 atom stereocenters. The van der Waals surface area contributed by atoms with E-state index in [9.17, 15) is 4.39 Å². The Hall–Kier alpha value is -2.08. The first-order valence-corrected chi connectivity index (χ1v) is 5.44. The van der Waals surface area contributed by atoms with E-state index in [1.54, 1.807) is 12.1 Å². The molecule has 2 rings (SSSR count). The SMILES string of the molecule is Cc1cc(CC#N)c(C)n1-c1ccc(F)cc1. The van der Waals surface area contributed by atoms with Gasteiger partial charge in [0.2, 0.25) is 0 Å². The van der Waals surface area contributed by atoms with Gasteiger partial charge in [-0.05, 0) is 49.7 Å². The van der Waals surface area contributed by atoms with Crippen LogP contribution >= 0.6 is 0 Å². The Kier molecular flexibility index (Phi) is 2.97. The van der Waals surface area contributed by atoms with E-state index >= 15 is 0 Å². The van der Waals surface area contributed by atoms with Gasteiger partial charge in [-0.1, -0.05) is 0 Å². The van der Waals surface area contributed by atoms with Gasteiger partial charge in [0.05, 0.1) is 12.5 Å². The van der Waals surface area contributed by atoms with E-state index in [1.165, 1.54) is 12.1 Å². The van der Waals surface area contributed by atoms with Crippen LogP contribution in [-0.2, 0) is 6.42 Å². The average molecular weight is 228 g/mol. The molecule has 0 fully saturated rings. The molecule has 86 valence electrons. The number of halogens is 1. The van der Waals surface area contributed by atoms with Crippen LogP contribution in [-0.4, -0.2) is 4.57 Å². The molecule has 1 heterocycles. The molecule has 2 aromatic rings. The van der Waals surface area contributed by atoms with E-state index in [-0.39, 0.29) is 5.82 Å². The zero-order valence-electron chi connectivity index (χ0n) is 9.87. The van der Waals surface area contributed by atoms with Crippen molar-refractivity contribution in [2.24, 2.45) is 0 Å². The van der Waals surface area contributed by atoms with Crippen LogP contribution in [0.4, 0.5) is 4.39 Å². The second-order valence-electron chi connectivity index (χ2n) is 4.04. The first-order chi connectivity index (χ1) is 8.13. The van der Waals surface area contributed by atoms with Crippen LogP contribution < -0.4 is 0 Å². The van der Waals surface area contributed by atoms with Crippen molar-refractivity contribution in [1.29, 1.82) is 5.26 Å². The number of aromatic nitrogens is 1. The second-order valence-corrected chi connectivity index (χ2v) is 4.04. The van der Waals surface area contributed by atoms with Gasteiger partial charge in [-0.2, -0.15) is 5.26 Å². The fourth-order valence-corrected chi connectivity index (χ4v) is 2.08. The minimum atomic E-state index is -0.242. The molecular weight excluding hydrogens is 215 g/mol. The molecule has 0 aliphatic rings. The monoisotopic (exact) mass is 228 g/mol. The zero-order valence-corrected chi connectivity index (χ0v) is 9.87. The molecule has 0 aliphatic heterocycles. The second kappa shape index (κ2) is 4.42.